The molecule has 0 N–H and O–H groups in total. The summed E-state index contributed by atoms with van der Waals surface area (Å²) in [4.78, 5) is 37.9. The molecule has 0 amide bonds. The largest absolute Gasteiger partial charge is 0.756 e. The fourth-order valence-corrected chi connectivity index (χ4v) is 10.7. The van der Waals surface area contributed by atoms with Gasteiger partial charge >= 0.3 is 11.9 Å². The van der Waals surface area contributed by atoms with Crippen molar-refractivity contribution in [3.05, 3.63) is 12.2 Å². The number of likely N-dealkylation sites (N-methyl/N-ethyl adjacent to an activating group) is 1. The van der Waals surface area contributed by atoms with Gasteiger partial charge in [0, 0.05) is 12.8 Å². The van der Waals surface area contributed by atoms with Crippen LogP contribution in [0.15, 0.2) is 12.2 Å². The lowest BCUT2D eigenvalue weighted by Crippen LogP contribution is -2.37. The first-order valence-electron chi connectivity index (χ1n) is 32.9. The van der Waals surface area contributed by atoms with Crippen LogP contribution < -0.4 is 4.89 Å². The Labute approximate surface area is 466 Å². The first kappa shape index (κ1) is 73.8. The van der Waals surface area contributed by atoms with E-state index in [1.54, 1.807) is 0 Å². The van der Waals surface area contributed by atoms with Crippen molar-refractivity contribution in [2.24, 2.45) is 0 Å². The van der Waals surface area contributed by atoms with Crippen LogP contribution in [0.25, 0.3) is 0 Å². The Hall–Kier alpha value is -1.25. The van der Waals surface area contributed by atoms with Crippen molar-refractivity contribution in [1.29, 1.82) is 0 Å². The Kier molecular flexibility index (Phi) is 56.5. The van der Waals surface area contributed by atoms with Gasteiger partial charge in [-0.15, -0.1) is 0 Å². The normalized spacial score (nSPS) is 13.2. The number of phosphoric acid groups is 1. The van der Waals surface area contributed by atoms with E-state index in [9.17, 15) is 19.0 Å². The highest BCUT2D eigenvalue weighted by Crippen LogP contribution is 2.38. The van der Waals surface area contributed by atoms with E-state index in [2.05, 4.69) is 26.0 Å². The molecule has 0 fully saturated rings. The van der Waals surface area contributed by atoms with Crippen LogP contribution in [0.5, 0.6) is 0 Å². The molecule has 0 aliphatic rings. The van der Waals surface area contributed by atoms with Gasteiger partial charge in [-0.1, -0.05) is 302 Å². The maximum absolute atomic E-state index is 12.8. The van der Waals surface area contributed by atoms with E-state index in [1.807, 2.05) is 21.1 Å². The number of hydrogen-bond donors (Lipinski definition) is 0. The topological polar surface area (TPSA) is 111 Å². The number of esters is 2. The van der Waals surface area contributed by atoms with Crippen molar-refractivity contribution in [1.82, 2.24) is 0 Å². The summed E-state index contributed by atoms with van der Waals surface area (Å²) >= 11 is 0. The fourth-order valence-electron chi connectivity index (χ4n) is 9.95. The summed E-state index contributed by atoms with van der Waals surface area (Å²) in [5, 5.41) is 0. The van der Waals surface area contributed by atoms with Crippen LogP contribution in [0.2, 0.25) is 0 Å². The summed E-state index contributed by atoms with van der Waals surface area (Å²) in [5.74, 6) is -0.810. The number of allylic oxidation sites excluding steroid dienone is 2. The molecule has 10 heteroatoms. The summed E-state index contributed by atoms with van der Waals surface area (Å²) < 4.78 is 34.2. The highest BCUT2D eigenvalue weighted by molar-refractivity contribution is 7.45. The maximum atomic E-state index is 12.8. The molecular formula is C65H128NO8P. The van der Waals surface area contributed by atoms with E-state index in [1.165, 1.54) is 276 Å². The Morgan fingerprint density at radius 3 is 0.987 bits per heavy atom. The van der Waals surface area contributed by atoms with Crippen molar-refractivity contribution in [2.75, 3.05) is 47.5 Å². The van der Waals surface area contributed by atoms with Gasteiger partial charge in [-0.25, -0.2) is 0 Å². The van der Waals surface area contributed by atoms with E-state index in [4.69, 9.17) is 18.5 Å². The van der Waals surface area contributed by atoms with E-state index >= 15 is 0 Å². The van der Waals surface area contributed by atoms with Gasteiger partial charge in [0.15, 0.2) is 6.10 Å². The number of unbranched alkanes of at least 4 members (excludes halogenated alkanes) is 46. The number of phosphoric ester groups is 1. The molecule has 0 bridgehead atoms. The average Bonchev–Trinajstić information content (AvgIpc) is 3.37. The molecule has 0 aliphatic heterocycles. The number of quaternary nitrogens is 1. The monoisotopic (exact) mass is 1080 g/mol. The van der Waals surface area contributed by atoms with Crippen molar-refractivity contribution in [3.63, 3.8) is 0 Å². The number of carbonyl (C=O) groups excluding carboxylic acids is 2. The second-order valence-electron chi connectivity index (χ2n) is 23.8. The Bertz CT molecular complexity index is 1270. The summed E-state index contributed by atoms with van der Waals surface area (Å²) in [5.41, 5.74) is 0. The molecule has 0 aromatic heterocycles. The van der Waals surface area contributed by atoms with E-state index in [0.29, 0.717) is 17.4 Å². The van der Waals surface area contributed by atoms with Gasteiger partial charge in [-0.2, -0.15) is 0 Å². The minimum atomic E-state index is -4.63. The average molecular weight is 1080 g/mol. The van der Waals surface area contributed by atoms with Crippen LogP contribution in [0.1, 0.15) is 341 Å². The lowest BCUT2D eigenvalue weighted by atomic mass is 10.0. The fraction of sp³-hybridized carbons (Fsp3) is 0.938. The Balaban J connectivity index is 3.92. The zero-order valence-corrected chi connectivity index (χ0v) is 51.7. The molecule has 0 spiro atoms. The number of ether oxygens (including phenoxy) is 2. The molecule has 0 aromatic carbocycles. The third kappa shape index (κ3) is 61.8. The zero-order chi connectivity index (χ0) is 54.9. The molecule has 0 radical (unpaired) electrons. The molecule has 0 aromatic rings. The van der Waals surface area contributed by atoms with Gasteiger partial charge in [0.2, 0.25) is 0 Å². The first-order valence-corrected chi connectivity index (χ1v) is 34.4. The maximum Gasteiger partial charge on any atom is 0.306 e. The summed E-state index contributed by atoms with van der Waals surface area (Å²) in [6.45, 7) is 4.31. The minimum absolute atomic E-state index is 0.0259. The summed E-state index contributed by atoms with van der Waals surface area (Å²) in [6.07, 6.45) is 68.7. The lowest BCUT2D eigenvalue weighted by molar-refractivity contribution is -0.870. The molecule has 0 saturated heterocycles. The van der Waals surface area contributed by atoms with Crippen LogP contribution in [0.4, 0.5) is 0 Å². The number of hydrogen-bond acceptors (Lipinski definition) is 8. The van der Waals surface area contributed by atoms with Crippen LogP contribution in [-0.2, 0) is 32.7 Å². The van der Waals surface area contributed by atoms with E-state index < -0.39 is 26.5 Å². The first-order chi connectivity index (χ1) is 36.5. The third-order valence-electron chi connectivity index (χ3n) is 15.0. The van der Waals surface area contributed by atoms with Crippen LogP contribution in [-0.4, -0.2) is 70.0 Å². The smallest absolute Gasteiger partial charge is 0.306 e. The summed E-state index contributed by atoms with van der Waals surface area (Å²) in [6, 6.07) is 0. The molecule has 0 rings (SSSR count). The van der Waals surface area contributed by atoms with Gasteiger partial charge in [0.25, 0.3) is 7.82 Å². The molecular weight excluding hydrogens is 954 g/mol. The quantitative estimate of drug-likeness (QED) is 0.0195. The summed E-state index contributed by atoms with van der Waals surface area (Å²) in [7, 11) is 1.19. The van der Waals surface area contributed by atoms with Crippen LogP contribution in [0, 0.1) is 0 Å². The van der Waals surface area contributed by atoms with Crippen molar-refractivity contribution in [3.8, 4) is 0 Å². The van der Waals surface area contributed by atoms with Gasteiger partial charge in [-0.05, 0) is 38.5 Å². The van der Waals surface area contributed by atoms with Crippen molar-refractivity contribution < 1.29 is 42.1 Å². The van der Waals surface area contributed by atoms with E-state index in [0.717, 1.165) is 32.1 Å². The standard InChI is InChI=1S/C65H128NO8P/c1-6-8-10-12-14-16-18-20-22-24-25-26-27-28-29-30-31-32-33-34-35-36-37-38-39-40-41-42-44-46-48-50-52-54-56-58-65(68)74-63(62-73-75(69,70)72-60-59-66(3,4)5)61-71-64(67)57-55-53-51-49-47-45-43-23-21-19-17-15-13-11-9-7-2/h24-25,63H,6-23,26-62H2,1-5H3/b25-24-. The van der Waals surface area contributed by atoms with Gasteiger partial charge < -0.3 is 27.9 Å². The SMILES string of the molecule is CCCCCCCCCC/C=C\CCCCCCCCCCCCCCCCCCCCCCCCCC(=O)OC(COC(=O)CCCCCCCCCCCCCCCCCC)COP(=O)([O-])OCC[N+](C)(C)C. The van der Waals surface area contributed by atoms with Crippen LogP contribution >= 0.6 is 7.82 Å². The van der Waals surface area contributed by atoms with Gasteiger partial charge in [-0.3, -0.25) is 14.2 Å². The predicted octanol–water partition coefficient (Wildman–Crippen LogP) is 20.1. The molecule has 75 heavy (non-hydrogen) atoms. The minimum Gasteiger partial charge on any atom is -0.756 e. The molecule has 2 unspecified atom stereocenters. The lowest BCUT2D eigenvalue weighted by Gasteiger charge is -2.28. The second kappa shape index (κ2) is 57.4. The second-order valence-corrected chi connectivity index (χ2v) is 25.3. The van der Waals surface area contributed by atoms with Crippen molar-refractivity contribution >= 4 is 19.8 Å². The van der Waals surface area contributed by atoms with Crippen molar-refractivity contribution in [2.45, 2.75) is 347 Å². The zero-order valence-electron chi connectivity index (χ0n) is 50.8. The number of carbonyl (C=O) groups is 2. The number of nitrogens with zero attached hydrogens (tertiary/aromatic N) is 1. The third-order valence-corrected chi connectivity index (χ3v) is 16.0. The molecule has 446 valence electrons. The number of rotatable bonds is 62. The molecule has 0 heterocycles. The molecule has 2 atom stereocenters. The van der Waals surface area contributed by atoms with Crippen LogP contribution in [0.3, 0.4) is 0 Å². The molecule has 0 aliphatic carbocycles. The predicted molar refractivity (Wildman–Crippen MR) is 319 cm³/mol. The van der Waals surface area contributed by atoms with Gasteiger partial charge in [0.1, 0.15) is 19.8 Å². The highest BCUT2D eigenvalue weighted by Gasteiger charge is 2.22. The molecule has 9 nitrogen and oxygen atoms in total. The molecule has 0 saturated carbocycles. The van der Waals surface area contributed by atoms with E-state index in [-0.39, 0.29) is 32.0 Å². The Morgan fingerprint density at radius 2 is 0.680 bits per heavy atom. The van der Waals surface area contributed by atoms with Gasteiger partial charge in [0.05, 0.1) is 27.7 Å². The Morgan fingerprint density at radius 1 is 0.400 bits per heavy atom. The highest BCUT2D eigenvalue weighted by atomic mass is 31.2.